The molecule has 0 atom stereocenters. The molecule has 1 heterocycles. The van der Waals surface area contributed by atoms with E-state index in [1.54, 1.807) is 12.1 Å². The van der Waals surface area contributed by atoms with E-state index in [1.807, 2.05) is 0 Å². The van der Waals surface area contributed by atoms with Crippen molar-refractivity contribution in [3.05, 3.63) is 59.9 Å². The lowest BCUT2D eigenvalue weighted by molar-refractivity contribution is 0.0730. The van der Waals surface area contributed by atoms with E-state index in [4.69, 9.17) is 17.0 Å². The number of sulfonamides is 1. The van der Waals surface area contributed by atoms with Gasteiger partial charge in [-0.25, -0.2) is 12.8 Å². The highest BCUT2D eigenvalue weighted by Crippen LogP contribution is 2.20. The number of benzene rings is 2. The van der Waals surface area contributed by atoms with Gasteiger partial charge in [-0.05, 0) is 54.7 Å². The van der Waals surface area contributed by atoms with Crippen LogP contribution in [0.15, 0.2) is 53.4 Å². The molecule has 1 saturated heterocycles. The smallest absolute Gasteiger partial charge is 0.257 e. The highest BCUT2D eigenvalue weighted by Gasteiger charge is 2.26. The highest BCUT2D eigenvalue weighted by molar-refractivity contribution is 7.89. The molecule has 10 heteroatoms. The van der Waals surface area contributed by atoms with Crippen molar-refractivity contribution in [2.75, 3.05) is 31.6 Å². The average molecular weight is 423 g/mol. The first-order chi connectivity index (χ1) is 13.4. The Hall–Kier alpha value is -2.40. The third-order valence-corrected chi connectivity index (χ3v) is 6.13. The van der Waals surface area contributed by atoms with Crippen LogP contribution in [-0.4, -0.2) is 50.0 Å². The quantitative estimate of drug-likeness (QED) is 0.732. The maximum atomic E-state index is 12.9. The van der Waals surface area contributed by atoms with Crippen LogP contribution in [0.4, 0.5) is 10.1 Å². The standard InChI is InChI=1S/C18H18FN3O4S2/c19-14-6-4-13(5-7-14)17(23)21-18(27)20-15-2-1-3-16(12-15)28(24,25)22-8-10-26-11-9-22/h1-7,12H,8-11H2,(H2,20,21,23,27). The van der Waals surface area contributed by atoms with Crippen molar-refractivity contribution in [2.24, 2.45) is 0 Å². The number of carbonyl (C=O) groups is 1. The van der Waals surface area contributed by atoms with Crippen LogP contribution in [0.5, 0.6) is 0 Å². The summed E-state index contributed by atoms with van der Waals surface area (Å²) in [5, 5.41) is 5.25. The number of rotatable bonds is 4. The maximum Gasteiger partial charge on any atom is 0.257 e. The highest BCUT2D eigenvalue weighted by atomic mass is 32.2. The second kappa shape index (κ2) is 8.74. The zero-order valence-electron chi connectivity index (χ0n) is 14.7. The van der Waals surface area contributed by atoms with Crippen LogP contribution in [-0.2, 0) is 14.8 Å². The van der Waals surface area contributed by atoms with E-state index >= 15 is 0 Å². The Morgan fingerprint density at radius 1 is 1.11 bits per heavy atom. The van der Waals surface area contributed by atoms with Gasteiger partial charge in [-0.3, -0.25) is 10.1 Å². The van der Waals surface area contributed by atoms with Gasteiger partial charge >= 0.3 is 0 Å². The van der Waals surface area contributed by atoms with Crippen LogP contribution in [0.25, 0.3) is 0 Å². The Kier molecular flexibility index (Phi) is 6.35. The SMILES string of the molecule is O=C(NC(=S)Nc1cccc(S(=O)(=O)N2CCOCC2)c1)c1ccc(F)cc1. The summed E-state index contributed by atoms with van der Waals surface area (Å²) in [5.74, 6) is -0.954. The molecule has 7 nitrogen and oxygen atoms in total. The topological polar surface area (TPSA) is 87.7 Å². The fourth-order valence-electron chi connectivity index (χ4n) is 2.61. The van der Waals surface area contributed by atoms with Gasteiger partial charge in [-0.15, -0.1) is 0 Å². The maximum absolute atomic E-state index is 12.9. The molecule has 2 aromatic carbocycles. The summed E-state index contributed by atoms with van der Waals surface area (Å²) in [6, 6.07) is 11.2. The van der Waals surface area contributed by atoms with Crippen LogP contribution in [0.2, 0.25) is 0 Å². The first-order valence-corrected chi connectivity index (χ1v) is 10.3. The second-order valence-corrected chi connectivity index (χ2v) is 8.31. The molecule has 0 spiro atoms. The number of ether oxygens (including phenoxy) is 1. The Bertz CT molecular complexity index is 975. The molecule has 0 aliphatic carbocycles. The molecular formula is C18H18FN3O4S2. The van der Waals surface area contributed by atoms with Crippen molar-refractivity contribution >= 4 is 38.9 Å². The fraction of sp³-hybridized carbons (Fsp3) is 0.222. The molecular weight excluding hydrogens is 405 g/mol. The molecule has 0 saturated carbocycles. The van der Waals surface area contributed by atoms with E-state index in [-0.39, 0.29) is 15.6 Å². The van der Waals surface area contributed by atoms with Gasteiger partial charge in [0.2, 0.25) is 10.0 Å². The molecule has 0 radical (unpaired) electrons. The average Bonchev–Trinajstić information content (AvgIpc) is 2.69. The Morgan fingerprint density at radius 3 is 2.46 bits per heavy atom. The van der Waals surface area contributed by atoms with Crippen molar-refractivity contribution in [2.45, 2.75) is 4.90 Å². The summed E-state index contributed by atoms with van der Waals surface area (Å²) in [6.07, 6.45) is 0. The number of thiocarbonyl (C=S) groups is 1. The van der Waals surface area contributed by atoms with Crippen LogP contribution in [0.3, 0.4) is 0 Å². The third-order valence-electron chi connectivity index (χ3n) is 4.03. The minimum absolute atomic E-state index is 0.00440. The second-order valence-electron chi connectivity index (χ2n) is 5.96. The van der Waals surface area contributed by atoms with E-state index in [0.717, 1.165) is 0 Å². The van der Waals surface area contributed by atoms with Gasteiger partial charge < -0.3 is 10.1 Å². The summed E-state index contributed by atoms with van der Waals surface area (Å²) < 4.78 is 44.9. The van der Waals surface area contributed by atoms with Gasteiger partial charge in [0.05, 0.1) is 18.1 Å². The van der Waals surface area contributed by atoms with Crippen LogP contribution >= 0.6 is 12.2 Å². The molecule has 0 unspecified atom stereocenters. The molecule has 0 bridgehead atoms. The predicted molar refractivity (Wildman–Crippen MR) is 106 cm³/mol. The number of nitrogens with zero attached hydrogens (tertiary/aromatic N) is 1. The van der Waals surface area contributed by atoms with Crippen molar-refractivity contribution in [1.29, 1.82) is 0 Å². The first-order valence-electron chi connectivity index (χ1n) is 8.42. The number of hydrogen-bond acceptors (Lipinski definition) is 5. The molecule has 28 heavy (non-hydrogen) atoms. The van der Waals surface area contributed by atoms with Gasteiger partial charge in [-0.2, -0.15) is 4.31 Å². The van der Waals surface area contributed by atoms with Crippen LogP contribution in [0.1, 0.15) is 10.4 Å². The lowest BCUT2D eigenvalue weighted by atomic mass is 10.2. The fourth-order valence-corrected chi connectivity index (χ4v) is 4.27. The molecule has 148 valence electrons. The summed E-state index contributed by atoms with van der Waals surface area (Å²) >= 11 is 5.11. The monoisotopic (exact) mass is 423 g/mol. The minimum Gasteiger partial charge on any atom is -0.379 e. The zero-order chi connectivity index (χ0) is 20.1. The predicted octanol–water partition coefficient (Wildman–Crippen LogP) is 1.97. The summed E-state index contributed by atoms with van der Waals surface area (Å²) in [7, 11) is -3.64. The lowest BCUT2D eigenvalue weighted by Crippen LogP contribution is -2.40. The van der Waals surface area contributed by atoms with E-state index in [2.05, 4.69) is 10.6 Å². The van der Waals surface area contributed by atoms with Crippen LogP contribution in [0, 0.1) is 5.82 Å². The third kappa shape index (κ3) is 4.90. The number of amides is 1. The van der Waals surface area contributed by atoms with E-state index in [0.29, 0.717) is 32.0 Å². The van der Waals surface area contributed by atoms with Gasteiger partial charge in [0.25, 0.3) is 5.91 Å². The molecule has 2 aromatic rings. The number of halogens is 1. The normalized spacial score (nSPS) is 15.0. The van der Waals surface area contributed by atoms with E-state index < -0.39 is 21.7 Å². The van der Waals surface area contributed by atoms with Crippen molar-refractivity contribution in [1.82, 2.24) is 9.62 Å². The number of morpholine rings is 1. The molecule has 1 aliphatic heterocycles. The summed E-state index contributed by atoms with van der Waals surface area (Å²) in [6.45, 7) is 1.31. The molecule has 2 N–H and O–H groups in total. The Morgan fingerprint density at radius 2 is 1.79 bits per heavy atom. The molecule has 1 amide bonds. The lowest BCUT2D eigenvalue weighted by Gasteiger charge is -2.26. The van der Waals surface area contributed by atoms with Gasteiger partial charge in [0, 0.05) is 24.3 Å². The largest absolute Gasteiger partial charge is 0.379 e. The first kappa shape index (κ1) is 20.3. The summed E-state index contributed by atoms with van der Waals surface area (Å²) in [5.41, 5.74) is 0.660. The minimum atomic E-state index is -3.64. The molecule has 1 fully saturated rings. The van der Waals surface area contributed by atoms with Crippen molar-refractivity contribution in [3.8, 4) is 0 Å². The Labute approximate surface area is 167 Å². The van der Waals surface area contributed by atoms with Crippen molar-refractivity contribution in [3.63, 3.8) is 0 Å². The van der Waals surface area contributed by atoms with Crippen LogP contribution < -0.4 is 10.6 Å². The molecule has 0 aromatic heterocycles. The van der Waals surface area contributed by atoms with Gasteiger partial charge in [0.15, 0.2) is 5.11 Å². The number of hydrogen-bond donors (Lipinski definition) is 2. The van der Waals surface area contributed by atoms with Gasteiger partial charge in [0.1, 0.15) is 5.82 Å². The Balaban J connectivity index is 1.67. The number of anilines is 1. The summed E-state index contributed by atoms with van der Waals surface area (Å²) in [4.78, 5) is 12.2. The van der Waals surface area contributed by atoms with Crippen molar-refractivity contribution < 1.29 is 22.3 Å². The molecule has 3 rings (SSSR count). The number of nitrogens with one attached hydrogen (secondary N) is 2. The van der Waals surface area contributed by atoms with E-state index in [9.17, 15) is 17.6 Å². The van der Waals surface area contributed by atoms with E-state index in [1.165, 1.54) is 40.7 Å². The molecule has 1 aliphatic rings. The number of carbonyl (C=O) groups excluding carboxylic acids is 1. The zero-order valence-corrected chi connectivity index (χ0v) is 16.4. The van der Waals surface area contributed by atoms with Gasteiger partial charge in [-0.1, -0.05) is 6.07 Å².